The van der Waals surface area contributed by atoms with Crippen LogP contribution in [0.25, 0.3) is 0 Å². The van der Waals surface area contributed by atoms with Gasteiger partial charge in [-0.25, -0.2) is 0 Å². The van der Waals surface area contributed by atoms with Gasteiger partial charge in [0.15, 0.2) is 0 Å². The minimum atomic E-state index is -0.0545. The molecule has 0 bridgehead atoms. The molecule has 1 unspecified atom stereocenters. The summed E-state index contributed by atoms with van der Waals surface area (Å²) in [7, 11) is 0. The molecule has 1 saturated heterocycles. The predicted molar refractivity (Wildman–Crippen MR) is 81.7 cm³/mol. The van der Waals surface area contributed by atoms with Gasteiger partial charge in [0.2, 0.25) is 5.91 Å². The fourth-order valence-electron chi connectivity index (χ4n) is 2.12. The molecular formula is C14H19ClN2OS. The Morgan fingerprint density at radius 3 is 2.95 bits per heavy atom. The first kappa shape index (κ1) is 14.7. The summed E-state index contributed by atoms with van der Waals surface area (Å²) in [4.78, 5) is 14.3. The van der Waals surface area contributed by atoms with Gasteiger partial charge in [0.25, 0.3) is 0 Å². The van der Waals surface area contributed by atoms with Crippen molar-refractivity contribution in [3.05, 3.63) is 34.9 Å². The lowest BCUT2D eigenvalue weighted by atomic mass is 10.2. The number of nitrogens with one attached hydrogen (secondary N) is 1. The lowest BCUT2D eigenvalue weighted by Crippen LogP contribution is -2.50. The highest BCUT2D eigenvalue weighted by molar-refractivity contribution is 7.99. The Kier molecular flexibility index (Phi) is 5.55. The smallest absolute Gasteiger partial charge is 0.240 e. The van der Waals surface area contributed by atoms with Gasteiger partial charge in [-0.3, -0.25) is 4.79 Å². The Morgan fingerprint density at radius 2 is 2.32 bits per heavy atom. The Balaban J connectivity index is 2.03. The van der Waals surface area contributed by atoms with E-state index in [1.54, 1.807) is 0 Å². The van der Waals surface area contributed by atoms with E-state index in [-0.39, 0.29) is 11.9 Å². The van der Waals surface area contributed by atoms with Crippen molar-refractivity contribution >= 4 is 29.3 Å². The van der Waals surface area contributed by atoms with Crippen molar-refractivity contribution in [2.75, 3.05) is 24.6 Å². The molecule has 1 aromatic carbocycles. The van der Waals surface area contributed by atoms with E-state index in [0.717, 1.165) is 28.6 Å². The third-order valence-electron chi connectivity index (χ3n) is 3.23. The van der Waals surface area contributed by atoms with Gasteiger partial charge in [-0.05, 0) is 18.6 Å². The molecule has 0 saturated carbocycles. The van der Waals surface area contributed by atoms with Gasteiger partial charge in [0.05, 0.1) is 6.04 Å². The Morgan fingerprint density at radius 1 is 1.53 bits per heavy atom. The minimum Gasteiger partial charge on any atom is -0.337 e. The average Bonchev–Trinajstić information content (AvgIpc) is 2.47. The van der Waals surface area contributed by atoms with Gasteiger partial charge in [-0.2, -0.15) is 11.8 Å². The first-order valence-electron chi connectivity index (χ1n) is 6.55. The highest BCUT2D eigenvalue weighted by Crippen LogP contribution is 2.18. The van der Waals surface area contributed by atoms with Gasteiger partial charge in [-0.15, -0.1) is 0 Å². The van der Waals surface area contributed by atoms with Crippen LogP contribution in [0.3, 0.4) is 0 Å². The minimum absolute atomic E-state index is 0.0545. The number of nitrogens with zero attached hydrogens (tertiary/aromatic N) is 1. The molecule has 104 valence electrons. The molecule has 0 spiro atoms. The second kappa shape index (κ2) is 7.17. The number of likely N-dealkylation sites (N-methyl/N-ethyl adjacent to an activating group) is 1. The first-order valence-corrected chi connectivity index (χ1v) is 8.09. The van der Waals surface area contributed by atoms with Crippen molar-refractivity contribution in [1.29, 1.82) is 0 Å². The maximum atomic E-state index is 12.5. The first-order chi connectivity index (χ1) is 9.22. The van der Waals surface area contributed by atoms with Crippen LogP contribution in [0.1, 0.15) is 12.5 Å². The Labute approximate surface area is 123 Å². The average molecular weight is 299 g/mol. The third kappa shape index (κ3) is 3.88. The molecule has 1 aliphatic heterocycles. The topological polar surface area (TPSA) is 32.3 Å². The normalized spacial score (nSPS) is 19.2. The lowest BCUT2D eigenvalue weighted by Gasteiger charge is -2.29. The van der Waals surface area contributed by atoms with Crippen molar-refractivity contribution in [2.45, 2.75) is 19.5 Å². The van der Waals surface area contributed by atoms with Gasteiger partial charge >= 0.3 is 0 Å². The van der Waals surface area contributed by atoms with Crippen molar-refractivity contribution in [3.63, 3.8) is 0 Å². The molecule has 3 nitrogen and oxygen atoms in total. The van der Waals surface area contributed by atoms with Crippen molar-refractivity contribution in [1.82, 2.24) is 10.2 Å². The molecule has 1 aromatic rings. The van der Waals surface area contributed by atoms with Crippen LogP contribution < -0.4 is 5.32 Å². The Bertz CT molecular complexity index is 435. The van der Waals surface area contributed by atoms with Gasteiger partial charge in [0, 0.05) is 36.2 Å². The van der Waals surface area contributed by atoms with E-state index in [0.29, 0.717) is 13.1 Å². The van der Waals surface area contributed by atoms with E-state index < -0.39 is 0 Å². The van der Waals surface area contributed by atoms with Gasteiger partial charge in [0.1, 0.15) is 0 Å². The summed E-state index contributed by atoms with van der Waals surface area (Å²) in [6, 6.07) is 7.64. The molecular weight excluding hydrogens is 280 g/mol. The van der Waals surface area contributed by atoms with E-state index in [9.17, 15) is 4.79 Å². The number of carbonyl (C=O) groups is 1. The highest BCUT2D eigenvalue weighted by atomic mass is 35.5. The maximum absolute atomic E-state index is 12.5. The zero-order valence-corrected chi connectivity index (χ0v) is 12.6. The summed E-state index contributed by atoms with van der Waals surface area (Å²) in [5, 5.41) is 4.01. The zero-order chi connectivity index (χ0) is 13.7. The number of halogens is 1. The molecule has 19 heavy (non-hydrogen) atoms. The van der Waals surface area contributed by atoms with Crippen LogP contribution >= 0.6 is 23.4 Å². The largest absolute Gasteiger partial charge is 0.337 e. The summed E-state index contributed by atoms with van der Waals surface area (Å²) in [5.41, 5.74) is 1.00. The van der Waals surface area contributed by atoms with E-state index in [1.807, 2.05) is 47.9 Å². The summed E-state index contributed by atoms with van der Waals surface area (Å²) in [6.07, 6.45) is 0. The molecule has 1 heterocycles. The number of thioether (sulfide) groups is 1. The predicted octanol–water partition coefficient (Wildman–Crippen LogP) is 2.39. The van der Waals surface area contributed by atoms with E-state index in [4.69, 9.17) is 11.6 Å². The van der Waals surface area contributed by atoms with Gasteiger partial charge < -0.3 is 10.2 Å². The highest BCUT2D eigenvalue weighted by Gasteiger charge is 2.25. The molecule has 1 aliphatic rings. The van der Waals surface area contributed by atoms with Crippen LogP contribution in [0.15, 0.2) is 24.3 Å². The third-order valence-corrected chi connectivity index (χ3v) is 4.66. The fourth-order valence-corrected chi connectivity index (χ4v) is 3.24. The Hall–Kier alpha value is -0.710. The standard InChI is InChI=1S/C14H19ClN2OS/c1-2-17(9-11-5-3-4-6-12(11)15)14(18)13-10-19-8-7-16-13/h3-6,13,16H,2,7-10H2,1H3. The summed E-state index contributed by atoms with van der Waals surface area (Å²) < 4.78 is 0. The quantitative estimate of drug-likeness (QED) is 0.926. The van der Waals surface area contributed by atoms with Crippen LogP contribution in [0.4, 0.5) is 0 Å². The molecule has 1 atom stereocenters. The van der Waals surface area contributed by atoms with Crippen molar-refractivity contribution in [2.24, 2.45) is 0 Å². The molecule has 1 N–H and O–H groups in total. The molecule has 5 heteroatoms. The van der Waals surface area contributed by atoms with Crippen LogP contribution in [0, 0.1) is 0 Å². The second-order valence-electron chi connectivity index (χ2n) is 4.53. The summed E-state index contributed by atoms with van der Waals surface area (Å²) in [6.45, 7) is 4.19. The molecule has 0 radical (unpaired) electrons. The number of hydrogen-bond acceptors (Lipinski definition) is 3. The number of amides is 1. The summed E-state index contributed by atoms with van der Waals surface area (Å²) in [5.74, 6) is 2.12. The lowest BCUT2D eigenvalue weighted by molar-refractivity contribution is -0.133. The molecule has 1 fully saturated rings. The molecule has 2 rings (SSSR count). The number of benzene rings is 1. The fraction of sp³-hybridized carbons (Fsp3) is 0.500. The SMILES string of the molecule is CCN(Cc1ccccc1Cl)C(=O)C1CSCCN1. The van der Waals surface area contributed by atoms with E-state index in [1.165, 1.54) is 0 Å². The maximum Gasteiger partial charge on any atom is 0.240 e. The zero-order valence-electron chi connectivity index (χ0n) is 11.1. The van der Waals surface area contributed by atoms with Crippen LogP contribution in [0.5, 0.6) is 0 Å². The number of hydrogen-bond donors (Lipinski definition) is 1. The number of carbonyl (C=O) groups excluding carboxylic acids is 1. The van der Waals surface area contributed by atoms with Crippen molar-refractivity contribution < 1.29 is 4.79 Å². The molecule has 0 aliphatic carbocycles. The van der Waals surface area contributed by atoms with Crippen LogP contribution in [-0.4, -0.2) is 41.4 Å². The monoisotopic (exact) mass is 298 g/mol. The summed E-state index contributed by atoms with van der Waals surface area (Å²) >= 11 is 7.99. The van der Waals surface area contributed by atoms with E-state index in [2.05, 4.69) is 5.32 Å². The van der Waals surface area contributed by atoms with E-state index >= 15 is 0 Å². The molecule has 0 aromatic heterocycles. The second-order valence-corrected chi connectivity index (χ2v) is 6.08. The van der Waals surface area contributed by atoms with Crippen molar-refractivity contribution in [3.8, 4) is 0 Å². The van der Waals surface area contributed by atoms with Crippen LogP contribution in [-0.2, 0) is 11.3 Å². The van der Waals surface area contributed by atoms with Crippen LogP contribution in [0.2, 0.25) is 5.02 Å². The molecule has 1 amide bonds. The van der Waals surface area contributed by atoms with Gasteiger partial charge in [-0.1, -0.05) is 29.8 Å². The number of rotatable bonds is 4.